The highest BCUT2D eigenvalue weighted by atomic mass is 35.5. The van der Waals surface area contributed by atoms with Crippen molar-refractivity contribution < 1.29 is 22.2 Å². The van der Waals surface area contributed by atoms with E-state index in [0.29, 0.717) is 10.8 Å². The highest BCUT2D eigenvalue weighted by molar-refractivity contribution is 7.92. The van der Waals surface area contributed by atoms with Gasteiger partial charge in [-0.2, -0.15) is 18.3 Å². The molecule has 1 spiro atoms. The quantitative estimate of drug-likeness (QED) is 0.447. The van der Waals surface area contributed by atoms with Gasteiger partial charge in [-0.05, 0) is 55.2 Å². The smallest absolute Gasteiger partial charge is 0.338 e. The maximum Gasteiger partial charge on any atom is 0.413 e. The molecule has 8 nitrogen and oxygen atoms in total. The second kappa shape index (κ2) is 9.09. The maximum atomic E-state index is 14.3. The number of anilines is 2. The number of nitrogens with one attached hydrogen (secondary N) is 1. The van der Waals surface area contributed by atoms with Crippen LogP contribution < -0.4 is 4.90 Å². The van der Waals surface area contributed by atoms with Crippen LogP contribution in [0.4, 0.5) is 24.5 Å². The lowest BCUT2D eigenvalue weighted by atomic mass is 9.93. The van der Waals surface area contributed by atoms with Gasteiger partial charge in [0.1, 0.15) is 0 Å². The predicted molar refractivity (Wildman–Crippen MR) is 142 cm³/mol. The number of rotatable bonds is 4. The van der Waals surface area contributed by atoms with Crippen molar-refractivity contribution in [1.82, 2.24) is 19.5 Å². The molecule has 3 aromatic rings. The van der Waals surface area contributed by atoms with Gasteiger partial charge in [0, 0.05) is 52.5 Å². The van der Waals surface area contributed by atoms with Gasteiger partial charge < -0.3 is 9.80 Å². The second-order valence-electron chi connectivity index (χ2n) is 11.1. The van der Waals surface area contributed by atoms with Gasteiger partial charge >= 0.3 is 6.18 Å². The Kier molecular flexibility index (Phi) is 6.14. The molecule has 0 bridgehead atoms. The Morgan fingerprint density at radius 1 is 1.23 bits per heavy atom. The Labute approximate surface area is 229 Å². The van der Waals surface area contributed by atoms with E-state index in [1.807, 2.05) is 0 Å². The molecule has 2 fully saturated rings. The highest BCUT2D eigenvalue weighted by Gasteiger charge is 2.49. The number of alkyl halides is 3. The largest absolute Gasteiger partial charge is 0.413 e. The van der Waals surface area contributed by atoms with E-state index in [0.717, 1.165) is 47.8 Å². The predicted octanol–water partition coefficient (Wildman–Crippen LogP) is 5.38. The summed E-state index contributed by atoms with van der Waals surface area (Å²) in [5.41, 5.74) is 3.25. The van der Waals surface area contributed by atoms with Gasteiger partial charge in [-0.1, -0.05) is 23.7 Å². The Balaban J connectivity index is 1.30. The van der Waals surface area contributed by atoms with Crippen LogP contribution in [0.25, 0.3) is 5.65 Å². The van der Waals surface area contributed by atoms with Crippen LogP contribution in [0, 0.1) is 16.1 Å². The first-order chi connectivity index (χ1) is 18.4. The first kappa shape index (κ1) is 26.4. The van der Waals surface area contributed by atoms with Crippen molar-refractivity contribution in [2.24, 2.45) is 11.3 Å². The number of halogens is 4. The molecule has 4 heterocycles. The third-order valence-corrected chi connectivity index (χ3v) is 10.3. The molecule has 208 valence electrons. The van der Waals surface area contributed by atoms with Crippen molar-refractivity contribution in [2.45, 2.75) is 44.3 Å². The first-order valence-corrected chi connectivity index (χ1v) is 15.1. The summed E-state index contributed by atoms with van der Waals surface area (Å²) < 4.78 is 64.3. The number of amides is 1. The van der Waals surface area contributed by atoms with Crippen LogP contribution in [0.5, 0.6) is 0 Å². The number of hydrogen-bond donors (Lipinski definition) is 1. The fourth-order valence-corrected chi connectivity index (χ4v) is 7.66. The zero-order valence-corrected chi connectivity index (χ0v) is 22.8. The van der Waals surface area contributed by atoms with Crippen molar-refractivity contribution in [2.75, 3.05) is 30.0 Å². The average molecular weight is 581 g/mol. The molecular formula is C26H28ClF3N6O2S. The lowest BCUT2D eigenvalue weighted by molar-refractivity contribution is -0.190. The topological polar surface area (TPSA) is 94.7 Å². The zero-order chi connectivity index (χ0) is 27.7. The third kappa shape index (κ3) is 4.86. The molecule has 1 saturated carbocycles. The van der Waals surface area contributed by atoms with Gasteiger partial charge in [-0.3, -0.25) is 9.57 Å². The third-order valence-electron chi connectivity index (χ3n) is 8.32. The monoisotopic (exact) mass is 580 g/mol. The lowest BCUT2D eigenvalue weighted by Gasteiger charge is -2.37. The SMILES string of the molecule is CN(C(=O)C1CCS(=N)(=O)CC1)[C@@H](c1ccc(N2CC3(CC3)Cc3c2cnc2cc(Cl)nn32)cc1)C(F)(F)F. The summed E-state index contributed by atoms with van der Waals surface area (Å²) in [6, 6.07) is 5.76. The molecule has 13 heteroatoms. The second-order valence-corrected chi connectivity index (χ2v) is 13.9. The number of fused-ring (bicyclic) bond motifs is 3. The van der Waals surface area contributed by atoms with E-state index in [1.165, 1.54) is 19.2 Å². The molecule has 0 unspecified atom stereocenters. The van der Waals surface area contributed by atoms with E-state index < -0.39 is 33.8 Å². The summed E-state index contributed by atoms with van der Waals surface area (Å²) in [6.07, 6.45) is 0.331. The van der Waals surface area contributed by atoms with Crippen LogP contribution in [0.1, 0.15) is 43.0 Å². The molecule has 3 aliphatic rings. The number of nitrogens with zero attached hydrogens (tertiary/aromatic N) is 5. The van der Waals surface area contributed by atoms with Gasteiger partial charge in [0.15, 0.2) is 16.8 Å². The molecule has 2 aromatic heterocycles. The molecule has 2 aliphatic heterocycles. The summed E-state index contributed by atoms with van der Waals surface area (Å²) in [7, 11) is -1.57. The number of carbonyl (C=O) groups excluding carboxylic acids is 1. The van der Waals surface area contributed by atoms with Crippen LogP contribution in [0.15, 0.2) is 36.5 Å². The van der Waals surface area contributed by atoms with Crippen LogP contribution in [0.3, 0.4) is 0 Å². The number of aromatic nitrogens is 3. The van der Waals surface area contributed by atoms with Crippen molar-refractivity contribution in [3.63, 3.8) is 0 Å². The number of hydrogen-bond acceptors (Lipinski definition) is 6. The Bertz CT molecular complexity index is 1540. The Hall–Kier alpha value is -2.86. The van der Waals surface area contributed by atoms with E-state index in [2.05, 4.69) is 15.0 Å². The number of benzene rings is 1. The van der Waals surface area contributed by atoms with E-state index in [-0.39, 0.29) is 35.3 Å². The van der Waals surface area contributed by atoms with E-state index in [9.17, 15) is 22.2 Å². The van der Waals surface area contributed by atoms with Gasteiger partial charge in [-0.15, -0.1) is 0 Å². The minimum absolute atomic E-state index is 0.0343. The summed E-state index contributed by atoms with van der Waals surface area (Å²) in [5.74, 6) is -1.23. The zero-order valence-electron chi connectivity index (χ0n) is 21.2. The summed E-state index contributed by atoms with van der Waals surface area (Å²) in [4.78, 5) is 20.4. The molecule has 0 radical (unpaired) electrons. The van der Waals surface area contributed by atoms with Gasteiger partial charge in [0.05, 0.1) is 17.6 Å². The molecule has 1 aromatic carbocycles. The first-order valence-electron chi connectivity index (χ1n) is 12.8. The minimum atomic E-state index is -4.69. The van der Waals surface area contributed by atoms with Crippen molar-refractivity contribution in [3.8, 4) is 0 Å². The standard InChI is InChI=1S/C26H28ClF3N6O2S/c1-34(24(37)17-6-10-39(31,38)11-7-17)23(26(28,29)30)16-2-4-18(5-3-16)35-15-25(8-9-25)13-19-20(35)14-32-22-12-21(27)33-36(19)22/h2-5,12,14,17,23,31H,6-11,13,15H2,1H3/t17?,23-,39?/m0/s1. The molecule has 6 rings (SSSR count). The summed E-state index contributed by atoms with van der Waals surface area (Å²) in [5, 5.41) is 4.75. The molecule has 1 amide bonds. The number of carbonyl (C=O) groups is 1. The molecular weight excluding hydrogens is 553 g/mol. The molecule has 1 atom stereocenters. The lowest BCUT2D eigenvalue weighted by Crippen LogP contribution is -2.44. The van der Waals surface area contributed by atoms with Gasteiger partial charge in [0.2, 0.25) is 5.91 Å². The van der Waals surface area contributed by atoms with E-state index in [4.69, 9.17) is 16.4 Å². The minimum Gasteiger partial charge on any atom is -0.338 e. The van der Waals surface area contributed by atoms with Gasteiger partial charge in [-0.25, -0.2) is 13.7 Å². The van der Waals surface area contributed by atoms with Crippen molar-refractivity contribution in [1.29, 1.82) is 4.78 Å². The summed E-state index contributed by atoms with van der Waals surface area (Å²) in [6.45, 7) is 0.726. The van der Waals surface area contributed by atoms with Crippen LogP contribution in [-0.2, 0) is 20.9 Å². The fourth-order valence-electron chi connectivity index (χ4n) is 5.95. The Morgan fingerprint density at radius 2 is 1.90 bits per heavy atom. The van der Waals surface area contributed by atoms with Crippen molar-refractivity contribution in [3.05, 3.63) is 52.9 Å². The molecule has 1 saturated heterocycles. The Morgan fingerprint density at radius 3 is 2.51 bits per heavy atom. The fraction of sp³-hybridized carbons (Fsp3) is 0.500. The van der Waals surface area contributed by atoms with Crippen LogP contribution >= 0.6 is 11.6 Å². The normalized spacial score (nSPS) is 24.9. The van der Waals surface area contributed by atoms with Gasteiger partial charge in [0.25, 0.3) is 0 Å². The average Bonchev–Trinajstić information content (AvgIpc) is 3.50. The van der Waals surface area contributed by atoms with Crippen LogP contribution in [0.2, 0.25) is 5.15 Å². The van der Waals surface area contributed by atoms with Crippen molar-refractivity contribution >= 4 is 44.3 Å². The van der Waals surface area contributed by atoms with Crippen LogP contribution in [-0.4, -0.2) is 60.9 Å². The molecule has 1 N–H and O–H groups in total. The maximum absolute atomic E-state index is 14.3. The molecule has 39 heavy (non-hydrogen) atoms. The highest BCUT2D eigenvalue weighted by Crippen LogP contribution is 2.54. The van der Waals surface area contributed by atoms with E-state index in [1.54, 1.807) is 28.9 Å². The van der Waals surface area contributed by atoms with E-state index >= 15 is 0 Å². The summed E-state index contributed by atoms with van der Waals surface area (Å²) >= 11 is 6.13. The molecule has 1 aliphatic carbocycles.